The van der Waals surface area contributed by atoms with Crippen molar-refractivity contribution in [3.8, 4) is 0 Å². The minimum Gasteiger partial charge on any atom is -0.320 e. The number of nitrogens with two attached hydrogens (primary N) is 1. The molecule has 3 nitrogen and oxygen atoms in total. The summed E-state index contributed by atoms with van der Waals surface area (Å²) in [5, 5.41) is 0. The van der Waals surface area contributed by atoms with Crippen molar-refractivity contribution in [1.82, 2.24) is 0 Å². The van der Waals surface area contributed by atoms with Crippen LogP contribution in [0.25, 0.3) is 0 Å². The number of benzene rings is 2. The van der Waals surface area contributed by atoms with Gasteiger partial charge in [0.2, 0.25) is 5.91 Å². The van der Waals surface area contributed by atoms with Crippen LogP contribution in [0, 0.1) is 12.7 Å². The summed E-state index contributed by atoms with van der Waals surface area (Å²) in [7, 11) is 1.65. The molecule has 2 aromatic rings. The van der Waals surface area contributed by atoms with Crippen molar-refractivity contribution in [2.45, 2.75) is 19.4 Å². The number of hydrogen-bond acceptors (Lipinski definition) is 2. The summed E-state index contributed by atoms with van der Waals surface area (Å²) in [5.74, 6) is -0.474. The molecule has 0 fully saturated rings. The van der Waals surface area contributed by atoms with E-state index in [0.29, 0.717) is 17.7 Å². The van der Waals surface area contributed by atoms with Crippen LogP contribution in [0.15, 0.2) is 48.5 Å². The van der Waals surface area contributed by atoms with Gasteiger partial charge in [0.1, 0.15) is 5.82 Å². The minimum atomic E-state index is -0.622. The zero-order chi connectivity index (χ0) is 15.4. The average Bonchev–Trinajstić information content (AvgIpc) is 2.49. The van der Waals surface area contributed by atoms with E-state index in [2.05, 4.69) is 0 Å². The van der Waals surface area contributed by atoms with Gasteiger partial charge in [-0.25, -0.2) is 4.39 Å². The van der Waals surface area contributed by atoms with Gasteiger partial charge in [-0.05, 0) is 42.7 Å². The first-order valence-corrected chi connectivity index (χ1v) is 6.82. The predicted octanol–water partition coefficient (Wildman–Crippen LogP) is 2.67. The van der Waals surface area contributed by atoms with Crippen LogP contribution < -0.4 is 10.6 Å². The van der Waals surface area contributed by atoms with Gasteiger partial charge in [0, 0.05) is 12.7 Å². The predicted molar refractivity (Wildman–Crippen MR) is 82.7 cm³/mol. The lowest BCUT2D eigenvalue weighted by atomic mass is 10.1. The third-order valence-electron chi connectivity index (χ3n) is 3.48. The van der Waals surface area contributed by atoms with Crippen molar-refractivity contribution in [2.75, 3.05) is 11.9 Å². The number of rotatable bonds is 4. The highest BCUT2D eigenvalue weighted by atomic mass is 19.1. The van der Waals surface area contributed by atoms with Gasteiger partial charge >= 0.3 is 0 Å². The molecule has 0 aliphatic carbocycles. The largest absolute Gasteiger partial charge is 0.320 e. The molecule has 1 unspecified atom stereocenters. The van der Waals surface area contributed by atoms with E-state index < -0.39 is 6.04 Å². The average molecular weight is 286 g/mol. The van der Waals surface area contributed by atoms with Crippen molar-refractivity contribution in [1.29, 1.82) is 0 Å². The standard InChI is InChI=1S/C17H19FN2O/c1-12-10-14(8-9-15(12)18)20(2)17(21)16(19)11-13-6-4-3-5-7-13/h3-10,16H,11,19H2,1-2H3. The fourth-order valence-corrected chi connectivity index (χ4v) is 2.17. The Balaban J connectivity index is 2.09. The summed E-state index contributed by atoms with van der Waals surface area (Å²) in [6.07, 6.45) is 0.476. The molecular weight excluding hydrogens is 267 g/mol. The van der Waals surface area contributed by atoms with Gasteiger partial charge in [-0.2, -0.15) is 0 Å². The van der Waals surface area contributed by atoms with Crippen LogP contribution in [0.2, 0.25) is 0 Å². The van der Waals surface area contributed by atoms with E-state index in [4.69, 9.17) is 5.73 Å². The minimum absolute atomic E-state index is 0.190. The second-order valence-corrected chi connectivity index (χ2v) is 5.13. The van der Waals surface area contributed by atoms with Crippen LogP contribution in [-0.4, -0.2) is 19.0 Å². The van der Waals surface area contributed by atoms with Crippen molar-refractivity contribution in [3.05, 3.63) is 65.5 Å². The molecule has 0 saturated carbocycles. The lowest BCUT2D eigenvalue weighted by Gasteiger charge is -2.22. The zero-order valence-electron chi connectivity index (χ0n) is 12.2. The molecule has 1 atom stereocenters. The van der Waals surface area contributed by atoms with E-state index in [0.717, 1.165) is 5.56 Å². The maximum atomic E-state index is 13.3. The number of carbonyl (C=O) groups excluding carboxylic acids is 1. The van der Waals surface area contributed by atoms with E-state index in [9.17, 15) is 9.18 Å². The monoisotopic (exact) mass is 286 g/mol. The van der Waals surface area contributed by atoms with E-state index >= 15 is 0 Å². The second-order valence-electron chi connectivity index (χ2n) is 5.13. The molecule has 2 N–H and O–H groups in total. The Morgan fingerprint density at radius 1 is 1.24 bits per heavy atom. The van der Waals surface area contributed by atoms with Crippen molar-refractivity contribution in [2.24, 2.45) is 5.73 Å². The number of halogens is 1. The molecule has 0 spiro atoms. The SMILES string of the molecule is Cc1cc(N(C)C(=O)C(N)Cc2ccccc2)ccc1F. The quantitative estimate of drug-likeness (QED) is 0.939. The van der Waals surface area contributed by atoms with Gasteiger partial charge in [-0.3, -0.25) is 4.79 Å². The van der Waals surface area contributed by atoms with Gasteiger partial charge in [-0.1, -0.05) is 30.3 Å². The smallest absolute Gasteiger partial charge is 0.243 e. The summed E-state index contributed by atoms with van der Waals surface area (Å²) in [6, 6.07) is 13.6. The number of likely N-dealkylation sites (N-methyl/N-ethyl adjacent to an activating group) is 1. The highest BCUT2D eigenvalue weighted by molar-refractivity contribution is 5.96. The molecule has 0 heterocycles. The number of hydrogen-bond donors (Lipinski definition) is 1. The van der Waals surface area contributed by atoms with Crippen LogP contribution in [0.3, 0.4) is 0 Å². The summed E-state index contributed by atoms with van der Waals surface area (Å²) in [4.78, 5) is 13.8. The highest BCUT2D eigenvalue weighted by Gasteiger charge is 2.20. The highest BCUT2D eigenvalue weighted by Crippen LogP contribution is 2.18. The third kappa shape index (κ3) is 3.67. The van der Waals surface area contributed by atoms with Crippen molar-refractivity contribution in [3.63, 3.8) is 0 Å². The van der Waals surface area contributed by atoms with Gasteiger partial charge in [0.15, 0.2) is 0 Å². The lowest BCUT2D eigenvalue weighted by Crippen LogP contribution is -2.43. The second kappa shape index (κ2) is 6.50. The van der Waals surface area contributed by atoms with Crippen molar-refractivity contribution >= 4 is 11.6 Å². The number of carbonyl (C=O) groups is 1. The number of amides is 1. The molecule has 0 radical (unpaired) electrons. The molecule has 0 aromatic heterocycles. The molecule has 2 aromatic carbocycles. The molecule has 4 heteroatoms. The van der Waals surface area contributed by atoms with Crippen molar-refractivity contribution < 1.29 is 9.18 Å². The molecule has 110 valence electrons. The topological polar surface area (TPSA) is 46.3 Å². The van der Waals surface area contributed by atoms with Gasteiger partial charge < -0.3 is 10.6 Å². The Labute approximate surface area is 124 Å². The van der Waals surface area contributed by atoms with Crippen LogP contribution in [0.1, 0.15) is 11.1 Å². The van der Waals surface area contributed by atoms with Crippen LogP contribution in [-0.2, 0) is 11.2 Å². The molecule has 2 rings (SSSR count). The van der Waals surface area contributed by atoms with Crippen LogP contribution in [0.4, 0.5) is 10.1 Å². The van der Waals surface area contributed by atoms with E-state index in [1.165, 1.54) is 11.0 Å². The maximum Gasteiger partial charge on any atom is 0.243 e. The Morgan fingerprint density at radius 2 is 1.90 bits per heavy atom. The Kier molecular flexibility index (Phi) is 4.70. The van der Waals surface area contributed by atoms with E-state index in [1.54, 1.807) is 26.1 Å². The zero-order valence-corrected chi connectivity index (χ0v) is 12.2. The van der Waals surface area contributed by atoms with Crippen LogP contribution >= 0.6 is 0 Å². The maximum absolute atomic E-state index is 13.3. The van der Waals surface area contributed by atoms with Gasteiger partial charge in [0.05, 0.1) is 6.04 Å². The number of nitrogens with zero attached hydrogens (tertiary/aromatic N) is 1. The Hall–Kier alpha value is -2.20. The fourth-order valence-electron chi connectivity index (χ4n) is 2.17. The number of anilines is 1. The first kappa shape index (κ1) is 15.2. The lowest BCUT2D eigenvalue weighted by molar-refractivity contribution is -0.119. The first-order valence-electron chi connectivity index (χ1n) is 6.82. The normalized spacial score (nSPS) is 12.0. The molecule has 0 bridgehead atoms. The Morgan fingerprint density at radius 3 is 2.52 bits per heavy atom. The summed E-state index contributed by atoms with van der Waals surface area (Å²) in [5.41, 5.74) is 8.15. The van der Waals surface area contributed by atoms with E-state index in [1.807, 2.05) is 30.3 Å². The van der Waals surface area contributed by atoms with Gasteiger partial charge in [0.25, 0.3) is 0 Å². The summed E-state index contributed by atoms with van der Waals surface area (Å²) < 4.78 is 13.3. The molecule has 0 aliphatic rings. The number of aryl methyl sites for hydroxylation is 1. The third-order valence-corrected chi connectivity index (χ3v) is 3.48. The summed E-state index contributed by atoms with van der Waals surface area (Å²) in [6.45, 7) is 1.67. The first-order chi connectivity index (χ1) is 9.99. The molecule has 0 saturated heterocycles. The fraction of sp³-hybridized carbons (Fsp3) is 0.235. The van der Waals surface area contributed by atoms with Gasteiger partial charge in [-0.15, -0.1) is 0 Å². The molecule has 0 aliphatic heterocycles. The van der Waals surface area contributed by atoms with Crippen LogP contribution in [0.5, 0.6) is 0 Å². The molecular formula is C17H19FN2O. The molecule has 21 heavy (non-hydrogen) atoms. The summed E-state index contributed by atoms with van der Waals surface area (Å²) >= 11 is 0. The molecule has 1 amide bonds. The van der Waals surface area contributed by atoms with E-state index in [-0.39, 0.29) is 11.7 Å². The Bertz CT molecular complexity index is 628.